The molecule has 0 radical (unpaired) electrons. The molecule has 9 nitrogen and oxygen atoms in total. The molecule has 2 atom stereocenters. The van der Waals surface area contributed by atoms with Crippen LogP contribution in [0.1, 0.15) is 60.2 Å². The van der Waals surface area contributed by atoms with E-state index in [0.29, 0.717) is 36.5 Å². The lowest BCUT2D eigenvalue weighted by Crippen LogP contribution is -2.40. The van der Waals surface area contributed by atoms with Crippen LogP contribution in [0.4, 0.5) is 13.2 Å². The second-order valence-corrected chi connectivity index (χ2v) is 11.1. The van der Waals surface area contributed by atoms with Gasteiger partial charge in [-0.2, -0.15) is 18.4 Å². The number of aryl methyl sites for hydroxylation is 1. The maximum atomic E-state index is 14.3. The maximum Gasteiger partial charge on any atom is 0.418 e. The molecule has 1 unspecified atom stereocenters. The molecule has 2 fully saturated rings. The van der Waals surface area contributed by atoms with Crippen LogP contribution in [0, 0.1) is 17.2 Å². The number of hydrogen-bond acceptors (Lipinski definition) is 6. The molecule has 1 aliphatic carbocycles. The fraction of sp³-hybridized carbons (Fsp3) is 0.448. The standard InChI is InChI=1S/C29H30F3N7O2/c1-18-13-37(6-7-41-18)14-20-10-24(29(30,31)32)25-16-38(28(40)39(25)15-20)23-9-19(12-33)8-22(11-23)26(21-4-3-5-21)27-35-34-17-36(27)2/h8-11,15-18,21,26H,3-7,13-14H2,1-2H3/t18-,26?/m1/s1. The van der Waals surface area contributed by atoms with Crippen LogP contribution in [0.3, 0.4) is 0 Å². The number of aromatic nitrogens is 5. The van der Waals surface area contributed by atoms with E-state index in [1.54, 1.807) is 18.5 Å². The van der Waals surface area contributed by atoms with Crippen LogP contribution in [0.5, 0.6) is 0 Å². The topological polar surface area (TPSA) is 93.4 Å². The number of halogens is 3. The Hall–Kier alpha value is -3.95. The average molecular weight is 566 g/mol. The van der Waals surface area contributed by atoms with Crippen molar-refractivity contribution in [3.8, 4) is 11.8 Å². The summed E-state index contributed by atoms with van der Waals surface area (Å²) >= 11 is 0. The number of pyridine rings is 1. The predicted octanol–water partition coefficient (Wildman–Crippen LogP) is 4.26. The Morgan fingerprint density at radius 3 is 2.63 bits per heavy atom. The molecule has 214 valence electrons. The molecule has 12 heteroatoms. The summed E-state index contributed by atoms with van der Waals surface area (Å²) in [4.78, 5) is 15.7. The summed E-state index contributed by atoms with van der Waals surface area (Å²) < 4.78 is 52.5. The van der Waals surface area contributed by atoms with Crippen LogP contribution in [0.25, 0.3) is 11.2 Å². The lowest BCUT2D eigenvalue weighted by atomic mass is 9.72. The third-order valence-corrected chi connectivity index (χ3v) is 8.21. The van der Waals surface area contributed by atoms with Crippen LogP contribution >= 0.6 is 0 Å². The van der Waals surface area contributed by atoms with E-state index >= 15 is 0 Å². The molecule has 4 heterocycles. The van der Waals surface area contributed by atoms with Crippen molar-refractivity contribution in [1.82, 2.24) is 28.6 Å². The first-order valence-electron chi connectivity index (χ1n) is 13.7. The van der Waals surface area contributed by atoms with Gasteiger partial charge in [0.2, 0.25) is 0 Å². The van der Waals surface area contributed by atoms with E-state index in [1.807, 2.05) is 23.4 Å². The summed E-state index contributed by atoms with van der Waals surface area (Å²) in [5.41, 5.74) is 0.0465. The number of ether oxygens (including phenoxy) is 1. The van der Waals surface area contributed by atoms with Gasteiger partial charge in [-0.15, -0.1) is 10.2 Å². The van der Waals surface area contributed by atoms with Gasteiger partial charge in [-0.3, -0.25) is 13.9 Å². The van der Waals surface area contributed by atoms with E-state index in [1.165, 1.54) is 23.0 Å². The van der Waals surface area contributed by atoms with Crippen LogP contribution in [-0.4, -0.2) is 54.4 Å². The third-order valence-electron chi connectivity index (χ3n) is 8.21. The van der Waals surface area contributed by atoms with E-state index in [-0.39, 0.29) is 30.0 Å². The summed E-state index contributed by atoms with van der Waals surface area (Å²) in [5.74, 6) is 0.864. The Bertz CT molecular complexity index is 1690. The molecule has 4 aromatic rings. The number of hydrogen-bond donors (Lipinski definition) is 0. The Labute approximate surface area is 234 Å². The van der Waals surface area contributed by atoms with E-state index in [0.717, 1.165) is 41.1 Å². The molecule has 0 N–H and O–H groups in total. The summed E-state index contributed by atoms with van der Waals surface area (Å²) in [7, 11) is 1.86. The van der Waals surface area contributed by atoms with Gasteiger partial charge in [0, 0.05) is 45.0 Å². The Kier molecular flexibility index (Phi) is 6.95. The van der Waals surface area contributed by atoms with Gasteiger partial charge in [-0.25, -0.2) is 4.79 Å². The van der Waals surface area contributed by atoms with Gasteiger partial charge in [0.15, 0.2) is 0 Å². The first-order chi connectivity index (χ1) is 19.6. The zero-order chi connectivity index (χ0) is 28.9. The van der Waals surface area contributed by atoms with Crippen molar-refractivity contribution >= 4 is 5.52 Å². The van der Waals surface area contributed by atoms with Crippen molar-refractivity contribution in [2.45, 2.75) is 50.9 Å². The second-order valence-electron chi connectivity index (χ2n) is 11.1. The molecule has 1 saturated heterocycles. The molecule has 6 rings (SSSR count). The largest absolute Gasteiger partial charge is 0.418 e. The van der Waals surface area contributed by atoms with Gasteiger partial charge in [0.1, 0.15) is 12.2 Å². The predicted molar refractivity (Wildman–Crippen MR) is 144 cm³/mol. The van der Waals surface area contributed by atoms with Gasteiger partial charge in [0.25, 0.3) is 0 Å². The third kappa shape index (κ3) is 5.15. The number of benzene rings is 1. The van der Waals surface area contributed by atoms with E-state index in [2.05, 4.69) is 16.3 Å². The molecule has 2 aliphatic rings. The fourth-order valence-electron chi connectivity index (χ4n) is 6.03. The highest BCUT2D eigenvalue weighted by Gasteiger charge is 2.36. The highest BCUT2D eigenvalue weighted by molar-refractivity contribution is 5.58. The molecular formula is C29H30F3N7O2. The van der Waals surface area contributed by atoms with Crippen molar-refractivity contribution in [1.29, 1.82) is 5.26 Å². The first kappa shape index (κ1) is 27.2. The number of nitrogens with zero attached hydrogens (tertiary/aromatic N) is 7. The number of nitriles is 1. The molecule has 41 heavy (non-hydrogen) atoms. The van der Waals surface area contributed by atoms with Crippen LogP contribution < -0.4 is 5.69 Å². The normalized spacial score (nSPS) is 19.3. The molecule has 1 aromatic carbocycles. The fourth-order valence-corrected chi connectivity index (χ4v) is 6.03. The van der Waals surface area contributed by atoms with Gasteiger partial charge in [0.05, 0.1) is 41.1 Å². The van der Waals surface area contributed by atoms with Crippen LogP contribution in [-0.2, 0) is 24.5 Å². The molecule has 0 amide bonds. The molecule has 1 aliphatic heterocycles. The summed E-state index contributed by atoms with van der Waals surface area (Å²) in [6.45, 7) is 3.87. The number of morpholine rings is 1. The van der Waals surface area contributed by atoms with E-state index in [9.17, 15) is 23.2 Å². The highest BCUT2D eigenvalue weighted by Crippen LogP contribution is 2.43. The number of imidazole rings is 1. The Balaban J connectivity index is 1.47. The lowest BCUT2D eigenvalue weighted by Gasteiger charge is -2.33. The zero-order valence-corrected chi connectivity index (χ0v) is 22.8. The van der Waals surface area contributed by atoms with Gasteiger partial charge in [-0.05, 0) is 61.1 Å². The lowest BCUT2D eigenvalue weighted by molar-refractivity contribution is -0.136. The number of alkyl halides is 3. The molecule has 0 bridgehead atoms. The Morgan fingerprint density at radius 1 is 1.20 bits per heavy atom. The zero-order valence-electron chi connectivity index (χ0n) is 22.8. The minimum atomic E-state index is -4.67. The van der Waals surface area contributed by atoms with E-state index < -0.39 is 17.4 Å². The summed E-state index contributed by atoms with van der Waals surface area (Å²) in [5, 5.41) is 18.2. The van der Waals surface area contributed by atoms with Crippen molar-refractivity contribution < 1.29 is 17.9 Å². The Morgan fingerprint density at radius 2 is 2.00 bits per heavy atom. The smallest absolute Gasteiger partial charge is 0.376 e. The molecule has 3 aromatic heterocycles. The van der Waals surface area contributed by atoms with Crippen molar-refractivity contribution in [2.24, 2.45) is 13.0 Å². The second kappa shape index (κ2) is 10.5. The molecule has 1 saturated carbocycles. The van der Waals surface area contributed by atoms with Crippen LogP contribution in [0.2, 0.25) is 0 Å². The van der Waals surface area contributed by atoms with Gasteiger partial charge >= 0.3 is 11.9 Å². The van der Waals surface area contributed by atoms with Crippen molar-refractivity contribution in [3.63, 3.8) is 0 Å². The monoisotopic (exact) mass is 565 g/mol. The number of rotatable bonds is 6. The summed E-state index contributed by atoms with van der Waals surface area (Å²) in [6.07, 6.45) is 2.68. The highest BCUT2D eigenvalue weighted by atomic mass is 19.4. The summed E-state index contributed by atoms with van der Waals surface area (Å²) in [6, 6.07) is 8.35. The van der Waals surface area contributed by atoms with Crippen molar-refractivity contribution in [3.05, 3.63) is 81.5 Å². The first-order valence-corrected chi connectivity index (χ1v) is 13.7. The quantitative estimate of drug-likeness (QED) is 0.347. The van der Waals surface area contributed by atoms with Gasteiger partial charge < -0.3 is 9.30 Å². The molecular weight excluding hydrogens is 535 g/mol. The molecule has 0 spiro atoms. The van der Waals surface area contributed by atoms with E-state index in [4.69, 9.17) is 4.74 Å². The number of fused-ring (bicyclic) bond motifs is 1. The van der Waals surface area contributed by atoms with Gasteiger partial charge in [-0.1, -0.05) is 6.42 Å². The van der Waals surface area contributed by atoms with Crippen LogP contribution in [0.15, 0.2) is 47.8 Å². The minimum Gasteiger partial charge on any atom is -0.376 e. The van der Waals surface area contributed by atoms with Crippen molar-refractivity contribution in [2.75, 3.05) is 19.7 Å². The minimum absolute atomic E-state index is 0.0229. The average Bonchev–Trinajstić information content (AvgIpc) is 3.47. The maximum absolute atomic E-state index is 14.3. The SMILES string of the molecule is C[C@@H]1CN(Cc2cc(C(F)(F)F)c3cn(-c4cc(C#N)cc(C(c5nncn5C)C5CCC5)c4)c(=O)n3c2)CCO1.